The zero-order chi connectivity index (χ0) is 49.8. The third-order valence-corrected chi connectivity index (χ3v) is 17.1. The molecule has 0 aliphatic heterocycles. The van der Waals surface area contributed by atoms with Crippen molar-refractivity contribution in [1.82, 2.24) is 0 Å². The fraction of sp³-hybridized carbons (Fsp3) is 0.0811. The predicted molar refractivity (Wildman–Crippen MR) is 324 cm³/mol. The Balaban J connectivity index is 1.06. The van der Waals surface area contributed by atoms with Gasteiger partial charge in [-0.15, -0.1) is 0 Å². The Kier molecular flexibility index (Phi) is 9.75. The maximum atomic E-state index is 2.57. The minimum absolute atomic E-state index is 1.10. The van der Waals surface area contributed by atoms with Crippen LogP contribution >= 0.6 is 0 Å². The average Bonchev–Trinajstić information content (AvgIpc) is 4.21. The molecule has 0 N–H and O–H groups in total. The van der Waals surface area contributed by atoms with Gasteiger partial charge in [-0.3, -0.25) is 0 Å². The lowest BCUT2D eigenvalue weighted by molar-refractivity contribution is 0.911. The van der Waals surface area contributed by atoms with Crippen LogP contribution in [0.5, 0.6) is 0 Å². The van der Waals surface area contributed by atoms with Crippen LogP contribution in [-0.2, 0) is 25.7 Å². The number of nitrogens with zero attached hydrogens (tertiary/aromatic N) is 2. The summed E-state index contributed by atoms with van der Waals surface area (Å²) in [6.45, 7) is 0. The average molecular weight is 969 g/mol. The molecular weight excluding hydrogens is 917 g/mol. The van der Waals surface area contributed by atoms with Gasteiger partial charge in [0.1, 0.15) is 0 Å². The lowest BCUT2D eigenvalue weighted by Crippen LogP contribution is -2.13. The highest BCUT2D eigenvalue weighted by molar-refractivity contribution is 6.32. The molecule has 2 heteroatoms. The topological polar surface area (TPSA) is 6.48 Å². The van der Waals surface area contributed by atoms with E-state index in [4.69, 9.17) is 0 Å². The quantitative estimate of drug-likeness (QED) is 0.140. The number of anilines is 6. The molecule has 0 saturated carbocycles. The first kappa shape index (κ1) is 43.2. The molecule has 76 heavy (non-hydrogen) atoms. The first-order chi connectivity index (χ1) is 37.6. The van der Waals surface area contributed by atoms with Gasteiger partial charge in [0.05, 0.1) is 11.4 Å². The van der Waals surface area contributed by atoms with Gasteiger partial charge in [-0.05, 0) is 210 Å². The fourth-order valence-electron chi connectivity index (χ4n) is 13.4. The van der Waals surface area contributed by atoms with Crippen molar-refractivity contribution in [2.75, 3.05) is 9.80 Å². The van der Waals surface area contributed by atoms with E-state index in [9.17, 15) is 0 Å². The summed E-state index contributed by atoms with van der Waals surface area (Å²) in [4.78, 5) is 5.14. The van der Waals surface area contributed by atoms with E-state index in [1.165, 1.54) is 156 Å². The van der Waals surface area contributed by atoms with Crippen LogP contribution in [0.25, 0.3) is 97.7 Å². The molecule has 358 valence electrons. The van der Waals surface area contributed by atoms with Gasteiger partial charge >= 0.3 is 0 Å². The summed E-state index contributed by atoms with van der Waals surface area (Å²) < 4.78 is 0. The van der Waals surface area contributed by atoms with Crippen LogP contribution in [0, 0.1) is 0 Å². The highest BCUT2D eigenvalue weighted by atomic mass is 15.2. The summed E-state index contributed by atoms with van der Waals surface area (Å²) in [5.74, 6) is 0. The van der Waals surface area contributed by atoms with Crippen molar-refractivity contribution in [3.8, 4) is 22.3 Å². The van der Waals surface area contributed by atoms with Crippen molar-refractivity contribution in [1.29, 1.82) is 0 Å². The Hall–Kier alpha value is -9.24. The Bertz CT molecular complexity index is 4380. The van der Waals surface area contributed by atoms with Crippen molar-refractivity contribution in [2.24, 2.45) is 0 Å². The van der Waals surface area contributed by atoms with Crippen LogP contribution in [0.2, 0.25) is 0 Å². The molecule has 0 radical (unpaired) electrons. The zero-order valence-electron chi connectivity index (χ0n) is 42.2. The summed E-state index contributed by atoms with van der Waals surface area (Å²) >= 11 is 0. The van der Waals surface area contributed by atoms with Crippen LogP contribution in [-0.4, -0.2) is 0 Å². The molecule has 2 aliphatic carbocycles. The van der Waals surface area contributed by atoms with Crippen molar-refractivity contribution in [2.45, 2.75) is 38.5 Å². The van der Waals surface area contributed by atoms with E-state index in [0.717, 1.165) is 37.1 Å². The lowest BCUT2D eigenvalue weighted by atomic mass is 9.84. The van der Waals surface area contributed by atoms with E-state index in [1.807, 2.05) is 0 Å². The molecule has 0 unspecified atom stereocenters. The third kappa shape index (κ3) is 6.94. The summed E-state index contributed by atoms with van der Waals surface area (Å²) in [6.07, 6.45) is 6.88. The van der Waals surface area contributed by atoms with Gasteiger partial charge < -0.3 is 9.80 Å². The Labute approximate surface area is 442 Å². The van der Waals surface area contributed by atoms with E-state index in [0.29, 0.717) is 0 Å². The molecule has 14 aromatic rings. The van der Waals surface area contributed by atoms with Crippen molar-refractivity contribution in [3.63, 3.8) is 0 Å². The molecule has 0 amide bonds. The standard InChI is InChI=1S/C74H52N2/c1-5-15-53-39-59(25-23-47(53)11-1)69-45-71(75(63-33-29-51-19-9-21-57(51)43-63)61-31-27-49-13-3-7-17-55(49)41-61)67-38-36-66-70(60-26-24-48-12-2-6-16-54(48)40-60)46-72(68-37-35-65(69)73(67)74(66)68)76(64-34-30-52-20-10-22-58(52)44-64)62-32-28-50-14-4-8-18-56(50)42-62/h1-8,11-18,23-46H,9-10,19-22H2. The van der Waals surface area contributed by atoms with E-state index >= 15 is 0 Å². The van der Waals surface area contributed by atoms with Gasteiger partial charge in [-0.25, -0.2) is 0 Å². The van der Waals surface area contributed by atoms with Crippen LogP contribution < -0.4 is 9.80 Å². The second-order valence-electron chi connectivity index (χ2n) is 21.4. The van der Waals surface area contributed by atoms with Gasteiger partial charge in [0.15, 0.2) is 0 Å². The highest BCUT2D eigenvalue weighted by Gasteiger charge is 2.27. The summed E-state index contributed by atoms with van der Waals surface area (Å²) in [7, 11) is 0. The number of rotatable bonds is 8. The van der Waals surface area contributed by atoms with Crippen molar-refractivity contribution in [3.05, 3.63) is 265 Å². The van der Waals surface area contributed by atoms with Gasteiger partial charge in [-0.1, -0.05) is 170 Å². The Morgan fingerprint density at radius 3 is 0.987 bits per heavy atom. The van der Waals surface area contributed by atoms with Gasteiger partial charge in [-0.2, -0.15) is 0 Å². The van der Waals surface area contributed by atoms with E-state index < -0.39 is 0 Å². The maximum absolute atomic E-state index is 2.57. The minimum atomic E-state index is 1.10. The number of hydrogen-bond donors (Lipinski definition) is 0. The van der Waals surface area contributed by atoms with E-state index in [-0.39, 0.29) is 0 Å². The molecule has 2 nitrogen and oxygen atoms in total. The van der Waals surface area contributed by atoms with Crippen molar-refractivity contribution < 1.29 is 0 Å². The molecule has 0 fully saturated rings. The van der Waals surface area contributed by atoms with Crippen LogP contribution in [0.3, 0.4) is 0 Å². The first-order valence-corrected chi connectivity index (χ1v) is 27.2. The maximum Gasteiger partial charge on any atom is 0.0546 e. The number of hydrogen-bond acceptors (Lipinski definition) is 2. The molecule has 0 spiro atoms. The normalized spacial score (nSPS) is 13.2. The monoisotopic (exact) mass is 968 g/mol. The second kappa shape index (κ2) is 17.2. The van der Waals surface area contributed by atoms with Crippen LogP contribution in [0.15, 0.2) is 243 Å². The molecular formula is C74H52N2. The van der Waals surface area contributed by atoms with Gasteiger partial charge in [0.2, 0.25) is 0 Å². The summed E-state index contributed by atoms with van der Waals surface area (Å²) in [5.41, 5.74) is 17.7. The molecule has 2 aliphatic rings. The molecule has 16 rings (SSSR count). The van der Waals surface area contributed by atoms with Crippen molar-refractivity contribution >= 4 is 110 Å². The second-order valence-corrected chi connectivity index (χ2v) is 21.4. The van der Waals surface area contributed by atoms with Crippen LogP contribution in [0.4, 0.5) is 34.1 Å². The molecule has 0 atom stereocenters. The molecule has 0 saturated heterocycles. The number of benzene rings is 14. The third-order valence-electron chi connectivity index (χ3n) is 17.1. The smallest absolute Gasteiger partial charge is 0.0546 e. The summed E-state index contributed by atoms with van der Waals surface area (Å²) in [6, 6.07) is 92.6. The largest absolute Gasteiger partial charge is 0.310 e. The van der Waals surface area contributed by atoms with Gasteiger partial charge in [0, 0.05) is 44.3 Å². The fourth-order valence-corrected chi connectivity index (χ4v) is 13.4. The predicted octanol–water partition coefficient (Wildman–Crippen LogP) is 20.4. The molecule has 14 aromatic carbocycles. The Morgan fingerprint density at radius 2 is 0.566 bits per heavy atom. The van der Waals surface area contributed by atoms with E-state index in [2.05, 4.69) is 252 Å². The Morgan fingerprint density at radius 1 is 0.237 bits per heavy atom. The summed E-state index contributed by atoms with van der Waals surface area (Å²) in [5, 5.41) is 17.4. The first-order valence-electron chi connectivity index (χ1n) is 27.2. The number of aryl methyl sites for hydroxylation is 4. The number of fused-ring (bicyclic) bond motifs is 6. The lowest BCUT2D eigenvalue weighted by Gasteiger charge is -2.31. The minimum Gasteiger partial charge on any atom is -0.310 e. The molecule has 0 heterocycles. The highest BCUT2D eigenvalue weighted by Crippen LogP contribution is 2.53. The SMILES string of the molecule is c1ccc2cc(-c3cc(N(c4ccc5c(c4)CCC5)c4ccc5ccccc5c4)c4ccc5c(-c6ccc7ccccc7c6)cc(N(c6ccc7c(c6)CCC7)c6ccc7ccccc7c6)c6ccc3c4c56)ccc2c1. The molecule has 0 aromatic heterocycles. The molecule has 0 bridgehead atoms. The van der Waals surface area contributed by atoms with Gasteiger partial charge in [0.25, 0.3) is 0 Å². The van der Waals surface area contributed by atoms with Crippen LogP contribution in [0.1, 0.15) is 35.1 Å². The van der Waals surface area contributed by atoms with E-state index in [1.54, 1.807) is 0 Å². The zero-order valence-corrected chi connectivity index (χ0v) is 42.2.